The normalized spacial score (nSPS) is 19.9. The Labute approximate surface area is 98.4 Å². The summed E-state index contributed by atoms with van der Waals surface area (Å²) in [4.78, 5) is 1.09. The molecule has 1 fully saturated rings. The van der Waals surface area contributed by atoms with Crippen LogP contribution in [0.2, 0.25) is 0 Å². The van der Waals surface area contributed by atoms with Crippen molar-refractivity contribution in [2.24, 2.45) is 0 Å². The Bertz CT molecular complexity index is 463. The van der Waals surface area contributed by atoms with E-state index in [1.807, 2.05) is 18.2 Å². The fourth-order valence-corrected chi connectivity index (χ4v) is 2.77. The highest BCUT2D eigenvalue weighted by Crippen LogP contribution is 2.52. The molecular formula is C12H11NO2S. The van der Waals surface area contributed by atoms with Gasteiger partial charge in [-0.15, -0.1) is 11.8 Å². The minimum Gasteiger partial charge on any atom is -0.486 e. The van der Waals surface area contributed by atoms with Crippen molar-refractivity contribution < 1.29 is 9.47 Å². The van der Waals surface area contributed by atoms with Gasteiger partial charge in [-0.25, -0.2) is 0 Å². The van der Waals surface area contributed by atoms with Gasteiger partial charge in [0.25, 0.3) is 0 Å². The standard InChI is InChI=1S/C12H11NO2S/c13-8-12(3-4-12)16-9-1-2-10-11(7-9)15-6-5-14-10/h1-2,7H,3-6H2. The van der Waals surface area contributed by atoms with E-state index in [9.17, 15) is 0 Å². The SMILES string of the molecule is N#CC1(Sc2ccc3c(c2)OCCO3)CC1. The van der Waals surface area contributed by atoms with Gasteiger partial charge in [-0.3, -0.25) is 0 Å². The molecule has 0 saturated heterocycles. The highest BCUT2D eigenvalue weighted by Gasteiger charge is 2.44. The molecule has 0 bridgehead atoms. The highest BCUT2D eigenvalue weighted by molar-refractivity contribution is 8.01. The lowest BCUT2D eigenvalue weighted by molar-refractivity contribution is 0.171. The van der Waals surface area contributed by atoms with E-state index in [0.717, 1.165) is 29.2 Å². The van der Waals surface area contributed by atoms with Crippen LogP contribution in [0.3, 0.4) is 0 Å². The lowest BCUT2D eigenvalue weighted by Gasteiger charge is -2.19. The average Bonchev–Trinajstić information content (AvgIpc) is 3.09. The summed E-state index contributed by atoms with van der Waals surface area (Å²) in [6.07, 6.45) is 1.98. The molecule has 1 aromatic carbocycles. The number of hydrogen-bond acceptors (Lipinski definition) is 4. The third-order valence-corrected chi connectivity index (χ3v) is 4.11. The maximum absolute atomic E-state index is 9.03. The maximum Gasteiger partial charge on any atom is 0.162 e. The Morgan fingerprint density at radius 1 is 1.19 bits per heavy atom. The highest BCUT2D eigenvalue weighted by atomic mass is 32.2. The predicted octanol–water partition coefficient (Wildman–Crippen LogP) is 2.61. The second kappa shape index (κ2) is 3.60. The largest absolute Gasteiger partial charge is 0.486 e. The van der Waals surface area contributed by atoms with Crippen molar-refractivity contribution in [2.75, 3.05) is 13.2 Å². The van der Waals surface area contributed by atoms with Crippen LogP contribution in [0.25, 0.3) is 0 Å². The molecule has 0 spiro atoms. The summed E-state index contributed by atoms with van der Waals surface area (Å²) in [5, 5.41) is 9.03. The van der Waals surface area contributed by atoms with Crippen LogP contribution in [0.15, 0.2) is 23.1 Å². The summed E-state index contributed by atoms with van der Waals surface area (Å²) < 4.78 is 10.8. The molecule has 1 heterocycles. The van der Waals surface area contributed by atoms with Gasteiger partial charge in [0.15, 0.2) is 11.5 Å². The molecule has 82 valence electrons. The number of ether oxygens (including phenoxy) is 2. The molecule has 0 aromatic heterocycles. The lowest BCUT2D eigenvalue weighted by Crippen LogP contribution is -2.15. The minimum atomic E-state index is -0.177. The number of rotatable bonds is 2. The predicted molar refractivity (Wildman–Crippen MR) is 60.9 cm³/mol. The van der Waals surface area contributed by atoms with Gasteiger partial charge in [-0.05, 0) is 31.0 Å². The van der Waals surface area contributed by atoms with Crippen molar-refractivity contribution in [3.63, 3.8) is 0 Å². The zero-order valence-electron chi connectivity index (χ0n) is 8.73. The van der Waals surface area contributed by atoms with E-state index in [4.69, 9.17) is 14.7 Å². The molecule has 1 aromatic rings. The van der Waals surface area contributed by atoms with Gasteiger partial charge in [-0.2, -0.15) is 5.26 Å². The van der Waals surface area contributed by atoms with Crippen molar-refractivity contribution in [2.45, 2.75) is 22.5 Å². The molecule has 4 heteroatoms. The molecule has 1 saturated carbocycles. The van der Waals surface area contributed by atoms with E-state index in [1.165, 1.54) is 0 Å². The molecule has 3 nitrogen and oxygen atoms in total. The third-order valence-electron chi connectivity index (χ3n) is 2.73. The van der Waals surface area contributed by atoms with Gasteiger partial charge >= 0.3 is 0 Å². The molecule has 1 aliphatic heterocycles. The number of nitrogens with zero attached hydrogens (tertiary/aromatic N) is 1. The van der Waals surface area contributed by atoms with Crippen LogP contribution in [-0.4, -0.2) is 18.0 Å². The Morgan fingerprint density at radius 2 is 1.94 bits per heavy atom. The molecule has 0 radical (unpaired) electrons. The second-order valence-electron chi connectivity index (χ2n) is 4.01. The maximum atomic E-state index is 9.03. The second-order valence-corrected chi connectivity index (χ2v) is 5.47. The van der Waals surface area contributed by atoms with Gasteiger partial charge < -0.3 is 9.47 Å². The zero-order valence-corrected chi connectivity index (χ0v) is 9.55. The fourth-order valence-electron chi connectivity index (χ4n) is 1.66. The van der Waals surface area contributed by atoms with Gasteiger partial charge in [0.05, 0.1) is 6.07 Å². The van der Waals surface area contributed by atoms with Crippen LogP contribution in [0, 0.1) is 11.3 Å². The molecule has 16 heavy (non-hydrogen) atoms. The summed E-state index contributed by atoms with van der Waals surface area (Å²) in [5.41, 5.74) is 0. The van der Waals surface area contributed by atoms with Gasteiger partial charge in [0.1, 0.15) is 18.0 Å². The first-order valence-corrected chi connectivity index (χ1v) is 6.13. The molecule has 0 amide bonds. The molecule has 1 aliphatic carbocycles. The Morgan fingerprint density at radius 3 is 2.62 bits per heavy atom. The first kappa shape index (κ1) is 9.86. The molecule has 0 unspecified atom stereocenters. The van der Waals surface area contributed by atoms with Crippen molar-refractivity contribution >= 4 is 11.8 Å². The molecular weight excluding hydrogens is 222 g/mol. The smallest absolute Gasteiger partial charge is 0.162 e. The monoisotopic (exact) mass is 233 g/mol. The topological polar surface area (TPSA) is 42.2 Å². The quantitative estimate of drug-likeness (QED) is 0.787. The van der Waals surface area contributed by atoms with Crippen LogP contribution in [0.1, 0.15) is 12.8 Å². The van der Waals surface area contributed by atoms with Gasteiger partial charge in [0, 0.05) is 4.90 Å². The van der Waals surface area contributed by atoms with E-state index >= 15 is 0 Å². The van der Waals surface area contributed by atoms with E-state index in [-0.39, 0.29) is 4.75 Å². The van der Waals surface area contributed by atoms with E-state index < -0.39 is 0 Å². The summed E-state index contributed by atoms with van der Waals surface area (Å²) in [5.74, 6) is 1.60. The Hall–Kier alpha value is -1.34. The van der Waals surface area contributed by atoms with E-state index in [1.54, 1.807) is 11.8 Å². The summed E-state index contributed by atoms with van der Waals surface area (Å²) in [6, 6.07) is 8.26. The minimum absolute atomic E-state index is 0.177. The van der Waals surface area contributed by atoms with Gasteiger partial charge in [-0.1, -0.05) is 0 Å². The Balaban J connectivity index is 1.84. The molecule has 3 rings (SSSR count). The summed E-state index contributed by atoms with van der Waals surface area (Å²) in [7, 11) is 0. The van der Waals surface area contributed by atoms with Crippen LogP contribution in [-0.2, 0) is 0 Å². The van der Waals surface area contributed by atoms with Crippen LogP contribution in [0.5, 0.6) is 11.5 Å². The van der Waals surface area contributed by atoms with E-state index in [2.05, 4.69) is 6.07 Å². The third kappa shape index (κ3) is 1.72. The molecule has 0 atom stereocenters. The fraction of sp³-hybridized carbons (Fsp3) is 0.417. The van der Waals surface area contributed by atoms with Crippen LogP contribution < -0.4 is 9.47 Å². The number of thioether (sulfide) groups is 1. The van der Waals surface area contributed by atoms with Crippen LogP contribution >= 0.6 is 11.8 Å². The lowest BCUT2D eigenvalue weighted by atomic mass is 10.3. The first-order valence-electron chi connectivity index (χ1n) is 5.31. The number of benzene rings is 1. The van der Waals surface area contributed by atoms with E-state index in [0.29, 0.717) is 13.2 Å². The summed E-state index contributed by atoms with van der Waals surface area (Å²) in [6.45, 7) is 1.21. The van der Waals surface area contributed by atoms with Crippen molar-refractivity contribution in [1.82, 2.24) is 0 Å². The number of hydrogen-bond donors (Lipinski definition) is 0. The number of nitriles is 1. The molecule has 0 N–H and O–H groups in total. The average molecular weight is 233 g/mol. The zero-order chi connectivity index (χ0) is 11.0. The van der Waals surface area contributed by atoms with Crippen LogP contribution in [0.4, 0.5) is 0 Å². The van der Waals surface area contributed by atoms with Gasteiger partial charge in [0.2, 0.25) is 0 Å². The van der Waals surface area contributed by atoms with Crippen molar-refractivity contribution in [3.05, 3.63) is 18.2 Å². The van der Waals surface area contributed by atoms with Crippen molar-refractivity contribution in [3.8, 4) is 17.6 Å². The van der Waals surface area contributed by atoms with Crippen molar-refractivity contribution in [1.29, 1.82) is 5.26 Å². The first-order chi connectivity index (χ1) is 7.81. The Kier molecular flexibility index (Phi) is 2.22. The molecule has 2 aliphatic rings. The number of fused-ring (bicyclic) bond motifs is 1. The summed E-state index contributed by atoms with van der Waals surface area (Å²) >= 11 is 1.63.